The monoisotopic (exact) mass is 140 g/mol. The lowest BCUT2D eigenvalue weighted by Crippen LogP contribution is -2.15. The third kappa shape index (κ3) is 1.37. The topological polar surface area (TPSA) is 0 Å². The molecule has 52 valence electrons. The first-order valence-corrected chi connectivity index (χ1v) is 6.77. The highest BCUT2D eigenvalue weighted by Gasteiger charge is 2.32. The molecular weight excluding hydrogens is 124 g/mol. The van der Waals surface area contributed by atoms with Gasteiger partial charge < -0.3 is 0 Å². The molecule has 0 amide bonds. The molecule has 0 spiro atoms. The molecule has 2 rings (SSSR count). The molecule has 0 N–H and O–H groups in total. The normalized spacial score (nSPS) is 30.7. The third-order valence-corrected chi connectivity index (χ3v) is 7.24. The van der Waals surface area contributed by atoms with Crippen molar-refractivity contribution in [3.63, 3.8) is 0 Å². The lowest BCUT2D eigenvalue weighted by atomic mass is 10.3. The molecule has 2 fully saturated rings. The van der Waals surface area contributed by atoms with Crippen LogP contribution in [0, 0.1) is 0 Å². The SMILES string of the molecule is C1CC[SiH](C2CC2)CC1. The minimum atomic E-state index is -0.0883. The fourth-order valence-corrected chi connectivity index (χ4v) is 6.17. The van der Waals surface area contributed by atoms with Gasteiger partial charge in [0.25, 0.3) is 0 Å². The van der Waals surface area contributed by atoms with Crippen molar-refractivity contribution in [1.82, 2.24) is 0 Å². The van der Waals surface area contributed by atoms with E-state index in [1.807, 2.05) is 0 Å². The maximum atomic E-state index is 1.70. The van der Waals surface area contributed by atoms with Gasteiger partial charge in [-0.05, 0) is 5.54 Å². The summed E-state index contributed by atoms with van der Waals surface area (Å²) in [7, 11) is -0.0883. The summed E-state index contributed by atoms with van der Waals surface area (Å²) in [5.41, 5.74) is 1.32. The molecular formula is C8H16Si. The summed E-state index contributed by atoms with van der Waals surface area (Å²) in [6.45, 7) is 0. The van der Waals surface area contributed by atoms with Crippen LogP contribution in [0.1, 0.15) is 32.1 Å². The summed E-state index contributed by atoms with van der Waals surface area (Å²) in [4.78, 5) is 0. The van der Waals surface area contributed by atoms with Gasteiger partial charge >= 0.3 is 0 Å². The molecule has 2 aliphatic rings. The predicted molar refractivity (Wildman–Crippen MR) is 43.6 cm³/mol. The van der Waals surface area contributed by atoms with Crippen LogP contribution < -0.4 is 0 Å². The average Bonchev–Trinajstić information content (AvgIpc) is 2.71. The highest BCUT2D eigenvalue weighted by Crippen LogP contribution is 2.44. The summed E-state index contributed by atoms with van der Waals surface area (Å²) in [5.74, 6) is 0. The number of hydrogen-bond acceptors (Lipinski definition) is 0. The van der Waals surface area contributed by atoms with Gasteiger partial charge in [-0.15, -0.1) is 0 Å². The van der Waals surface area contributed by atoms with Crippen molar-refractivity contribution in [2.24, 2.45) is 0 Å². The fourth-order valence-electron chi connectivity index (χ4n) is 2.17. The van der Waals surface area contributed by atoms with Crippen LogP contribution in [0.3, 0.4) is 0 Å². The van der Waals surface area contributed by atoms with E-state index in [0.717, 1.165) is 0 Å². The zero-order valence-corrected chi connectivity index (χ0v) is 7.26. The molecule has 9 heavy (non-hydrogen) atoms. The summed E-state index contributed by atoms with van der Waals surface area (Å²) in [5, 5.41) is 0. The smallest absolute Gasteiger partial charge is 0.0399 e. The summed E-state index contributed by atoms with van der Waals surface area (Å²) >= 11 is 0. The zero-order chi connectivity index (χ0) is 6.10. The van der Waals surface area contributed by atoms with Gasteiger partial charge in [0.2, 0.25) is 0 Å². The lowest BCUT2D eigenvalue weighted by Gasteiger charge is -2.18. The van der Waals surface area contributed by atoms with Crippen LogP contribution in [0.2, 0.25) is 17.6 Å². The van der Waals surface area contributed by atoms with Crippen LogP contribution >= 0.6 is 0 Å². The Labute approximate surface area is 59.3 Å². The molecule has 0 bridgehead atoms. The molecule has 1 heteroatoms. The largest absolute Gasteiger partial charge is 0.0597 e. The van der Waals surface area contributed by atoms with Gasteiger partial charge in [0.15, 0.2) is 0 Å². The molecule has 1 heterocycles. The molecule has 1 aliphatic carbocycles. The van der Waals surface area contributed by atoms with Gasteiger partial charge in [-0.3, -0.25) is 0 Å². The van der Waals surface area contributed by atoms with E-state index in [1.165, 1.54) is 5.54 Å². The van der Waals surface area contributed by atoms with E-state index in [9.17, 15) is 0 Å². The van der Waals surface area contributed by atoms with E-state index in [-0.39, 0.29) is 8.80 Å². The molecule has 0 unspecified atom stereocenters. The van der Waals surface area contributed by atoms with Crippen molar-refractivity contribution >= 4 is 8.80 Å². The average molecular weight is 140 g/mol. The molecule has 0 atom stereocenters. The highest BCUT2D eigenvalue weighted by molar-refractivity contribution is 6.61. The summed E-state index contributed by atoms with van der Waals surface area (Å²) < 4.78 is 0. The van der Waals surface area contributed by atoms with Crippen molar-refractivity contribution in [3.05, 3.63) is 0 Å². The Morgan fingerprint density at radius 2 is 1.56 bits per heavy atom. The van der Waals surface area contributed by atoms with Crippen molar-refractivity contribution in [3.8, 4) is 0 Å². The van der Waals surface area contributed by atoms with Crippen LogP contribution in [0.15, 0.2) is 0 Å². The summed E-state index contributed by atoms with van der Waals surface area (Å²) in [6, 6.07) is 3.40. The van der Waals surface area contributed by atoms with Crippen molar-refractivity contribution in [1.29, 1.82) is 0 Å². The van der Waals surface area contributed by atoms with Crippen molar-refractivity contribution in [2.75, 3.05) is 0 Å². The number of rotatable bonds is 1. The Balaban J connectivity index is 1.80. The number of hydrogen-bond donors (Lipinski definition) is 0. The molecule has 0 aromatic carbocycles. The van der Waals surface area contributed by atoms with Crippen molar-refractivity contribution < 1.29 is 0 Å². The van der Waals surface area contributed by atoms with E-state index in [0.29, 0.717) is 0 Å². The van der Waals surface area contributed by atoms with Gasteiger partial charge in [0.1, 0.15) is 0 Å². The van der Waals surface area contributed by atoms with Gasteiger partial charge in [-0.2, -0.15) is 0 Å². The Bertz CT molecular complexity index is 90.7. The lowest BCUT2D eigenvalue weighted by molar-refractivity contribution is 0.719. The Hall–Kier alpha value is 0.217. The van der Waals surface area contributed by atoms with Gasteiger partial charge in [0, 0.05) is 8.80 Å². The maximum absolute atomic E-state index is 1.70. The molecule has 1 aliphatic heterocycles. The highest BCUT2D eigenvalue weighted by atomic mass is 28.3. The van der Waals surface area contributed by atoms with Crippen LogP contribution in [-0.2, 0) is 0 Å². The first-order chi connectivity index (χ1) is 4.47. The molecule has 0 radical (unpaired) electrons. The minimum absolute atomic E-state index is 0.0883. The van der Waals surface area contributed by atoms with E-state index >= 15 is 0 Å². The van der Waals surface area contributed by atoms with E-state index in [2.05, 4.69) is 0 Å². The molecule has 0 nitrogen and oxygen atoms in total. The van der Waals surface area contributed by atoms with E-state index in [1.54, 1.807) is 44.2 Å². The minimum Gasteiger partial charge on any atom is -0.0597 e. The van der Waals surface area contributed by atoms with E-state index < -0.39 is 0 Å². The second kappa shape index (κ2) is 2.45. The predicted octanol–water partition coefficient (Wildman–Crippen LogP) is 2.56. The molecule has 0 aromatic heterocycles. The van der Waals surface area contributed by atoms with E-state index in [4.69, 9.17) is 0 Å². The standard InChI is InChI=1S/C8H16Si/c1-2-6-9(7-3-1)8-4-5-8/h8-9H,1-7H2. The first kappa shape index (κ1) is 5.96. The van der Waals surface area contributed by atoms with Crippen molar-refractivity contribution in [2.45, 2.75) is 49.7 Å². The van der Waals surface area contributed by atoms with Crippen LogP contribution in [-0.4, -0.2) is 8.80 Å². The first-order valence-electron chi connectivity index (χ1n) is 4.47. The van der Waals surface area contributed by atoms with Crippen LogP contribution in [0.5, 0.6) is 0 Å². The summed E-state index contributed by atoms with van der Waals surface area (Å²) in [6.07, 6.45) is 7.98. The Kier molecular flexibility index (Phi) is 1.62. The molecule has 1 saturated carbocycles. The second-order valence-corrected chi connectivity index (χ2v) is 7.35. The quantitative estimate of drug-likeness (QED) is 0.491. The van der Waals surface area contributed by atoms with Gasteiger partial charge in [-0.25, -0.2) is 0 Å². The fraction of sp³-hybridized carbons (Fsp3) is 1.00. The zero-order valence-electron chi connectivity index (χ0n) is 6.10. The second-order valence-electron chi connectivity index (χ2n) is 3.74. The molecule has 1 saturated heterocycles. The molecule has 0 aromatic rings. The van der Waals surface area contributed by atoms with Gasteiger partial charge in [0.05, 0.1) is 0 Å². The third-order valence-electron chi connectivity index (χ3n) is 2.94. The van der Waals surface area contributed by atoms with Crippen LogP contribution in [0.25, 0.3) is 0 Å². The van der Waals surface area contributed by atoms with Crippen LogP contribution in [0.4, 0.5) is 0 Å². The Morgan fingerprint density at radius 1 is 0.889 bits per heavy atom. The Morgan fingerprint density at radius 3 is 2.11 bits per heavy atom. The maximum Gasteiger partial charge on any atom is 0.0399 e. The van der Waals surface area contributed by atoms with Gasteiger partial charge in [-0.1, -0.05) is 44.2 Å².